The lowest BCUT2D eigenvalue weighted by Gasteiger charge is -2.24. The highest BCUT2D eigenvalue weighted by molar-refractivity contribution is 6.51. The van der Waals surface area contributed by atoms with E-state index in [0.717, 1.165) is 0 Å². The molecule has 0 radical (unpaired) electrons. The predicted molar refractivity (Wildman–Crippen MR) is 56.1 cm³/mol. The van der Waals surface area contributed by atoms with E-state index in [-0.39, 0.29) is 6.54 Å². The van der Waals surface area contributed by atoms with Crippen LogP contribution in [0.4, 0.5) is 4.79 Å². The van der Waals surface area contributed by atoms with Gasteiger partial charge in [0.05, 0.1) is 0 Å². The molecule has 1 aliphatic heterocycles. The number of hydrogen-bond acceptors (Lipinski definition) is 4. The van der Waals surface area contributed by atoms with Crippen LogP contribution in [0.15, 0.2) is 11.5 Å². The fraction of sp³-hybridized carbons (Fsp3) is 0.667. The van der Waals surface area contributed by atoms with Crippen molar-refractivity contribution >= 4 is 13.2 Å². The number of rotatable bonds is 1. The third kappa shape index (κ3) is 3.56. The summed E-state index contributed by atoms with van der Waals surface area (Å²) in [5, 5.41) is 17.8. The maximum Gasteiger partial charge on any atom is 0.485 e. The fourth-order valence-electron chi connectivity index (χ4n) is 1.23. The number of carbonyl (C=O) groups excluding carboxylic acids is 1. The summed E-state index contributed by atoms with van der Waals surface area (Å²) >= 11 is 0. The van der Waals surface area contributed by atoms with Crippen LogP contribution in [-0.4, -0.2) is 46.9 Å². The zero-order valence-electron chi connectivity index (χ0n) is 9.23. The van der Waals surface area contributed by atoms with Crippen molar-refractivity contribution in [3.63, 3.8) is 0 Å². The van der Waals surface area contributed by atoms with Crippen LogP contribution in [-0.2, 0) is 4.74 Å². The summed E-state index contributed by atoms with van der Waals surface area (Å²) in [5.74, 6) is 0. The molecular formula is C9H16BNO4. The minimum Gasteiger partial charge on any atom is -0.444 e. The van der Waals surface area contributed by atoms with Crippen molar-refractivity contribution in [2.45, 2.75) is 26.4 Å². The number of carbonyl (C=O) groups is 1. The lowest BCUT2D eigenvalue weighted by Crippen LogP contribution is -2.36. The number of nitrogens with zero attached hydrogens (tertiary/aromatic N) is 1. The molecule has 0 spiro atoms. The van der Waals surface area contributed by atoms with Crippen LogP contribution in [0.3, 0.4) is 0 Å². The van der Waals surface area contributed by atoms with Crippen molar-refractivity contribution < 1.29 is 19.6 Å². The van der Waals surface area contributed by atoms with Gasteiger partial charge in [-0.1, -0.05) is 6.08 Å². The summed E-state index contributed by atoms with van der Waals surface area (Å²) in [4.78, 5) is 13.0. The maximum absolute atomic E-state index is 11.5. The second kappa shape index (κ2) is 4.24. The first kappa shape index (κ1) is 12.1. The van der Waals surface area contributed by atoms with Gasteiger partial charge in [0.2, 0.25) is 0 Å². The van der Waals surface area contributed by atoms with E-state index in [1.807, 2.05) is 0 Å². The fourth-order valence-corrected chi connectivity index (χ4v) is 1.23. The Kier molecular flexibility index (Phi) is 3.41. The van der Waals surface area contributed by atoms with Crippen LogP contribution in [0.1, 0.15) is 20.8 Å². The molecule has 1 heterocycles. The maximum atomic E-state index is 11.5. The highest BCUT2D eigenvalue weighted by atomic mass is 16.6. The van der Waals surface area contributed by atoms with Crippen molar-refractivity contribution in [3.8, 4) is 0 Å². The van der Waals surface area contributed by atoms with E-state index in [4.69, 9.17) is 14.8 Å². The number of ether oxygens (including phenoxy) is 1. The topological polar surface area (TPSA) is 70.0 Å². The van der Waals surface area contributed by atoms with Crippen molar-refractivity contribution in [2.75, 3.05) is 13.1 Å². The highest BCUT2D eigenvalue weighted by Gasteiger charge is 2.28. The van der Waals surface area contributed by atoms with Gasteiger partial charge in [-0.2, -0.15) is 0 Å². The molecule has 0 atom stereocenters. The van der Waals surface area contributed by atoms with E-state index in [1.54, 1.807) is 26.8 Å². The Balaban J connectivity index is 2.47. The molecular weight excluding hydrogens is 197 g/mol. The second-order valence-corrected chi connectivity index (χ2v) is 4.51. The SMILES string of the molecule is CC(C)(C)OC(=O)N1CC=C(B(O)O)C1. The summed E-state index contributed by atoms with van der Waals surface area (Å²) < 4.78 is 5.14. The first-order valence-corrected chi connectivity index (χ1v) is 4.82. The Morgan fingerprint density at radius 1 is 1.53 bits per heavy atom. The Hall–Kier alpha value is -1.01. The average molecular weight is 213 g/mol. The van der Waals surface area contributed by atoms with Gasteiger partial charge in [-0.3, -0.25) is 0 Å². The largest absolute Gasteiger partial charge is 0.485 e. The van der Waals surface area contributed by atoms with Gasteiger partial charge in [0.1, 0.15) is 5.60 Å². The number of amides is 1. The molecule has 0 aromatic carbocycles. The minimum absolute atomic E-state index is 0.215. The lowest BCUT2D eigenvalue weighted by molar-refractivity contribution is 0.0302. The van der Waals surface area contributed by atoms with E-state index in [2.05, 4.69) is 0 Å². The highest BCUT2D eigenvalue weighted by Crippen LogP contribution is 2.15. The van der Waals surface area contributed by atoms with Gasteiger partial charge in [-0.25, -0.2) is 4.79 Å². The van der Waals surface area contributed by atoms with Crippen molar-refractivity contribution in [3.05, 3.63) is 11.5 Å². The Morgan fingerprint density at radius 3 is 2.53 bits per heavy atom. The van der Waals surface area contributed by atoms with Gasteiger partial charge in [-0.15, -0.1) is 0 Å². The van der Waals surface area contributed by atoms with Crippen LogP contribution in [0, 0.1) is 0 Å². The van der Waals surface area contributed by atoms with Crippen molar-refractivity contribution in [2.24, 2.45) is 0 Å². The van der Waals surface area contributed by atoms with Gasteiger partial charge in [0.15, 0.2) is 0 Å². The predicted octanol–water partition coefficient (Wildman–Crippen LogP) is 0.176. The first-order chi connectivity index (χ1) is 6.79. The molecule has 6 heteroatoms. The van der Waals surface area contributed by atoms with Crippen LogP contribution >= 0.6 is 0 Å². The van der Waals surface area contributed by atoms with Gasteiger partial charge in [-0.05, 0) is 26.2 Å². The number of hydrogen-bond donors (Lipinski definition) is 2. The summed E-state index contributed by atoms with van der Waals surface area (Å²) in [6, 6.07) is 0. The van der Waals surface area contributed by atoms with Crippen molar-refractivity contribution in [1.82, 2.24) is 4.90 Å². The lowest BCUT2D eigenvalue weighted by atomic mass is 9.80. The molecule has 1 aliphatic rings. The Bertz CT molecular complexity index is 282. The molecule has 15 heavy (non-hydrogen) atoms. The second-order valence-electron chi connectivity index (χ2n) is 4.51. The third-order valence-corrected chi connectivity index (χ3v) is 1.93. The molecule has 84 valence electrons. The van der Waals surface area contributed by atoms with E-state index in [1.165, 1.54) is 4.90 Å². The smallest absolute Gasteiger partial charge is 0.444 e. The summed E-state index contributed by atoms with van der Waals surface area (Å²) in [5.41, 5.74) is -0.0987. The molecule has 5 nitrogen and oxygen atoms in total. The van der Waals surface area contributed by atoms with Crippen LogP contribution in [0.5, 0.6) is 0 Å². The average Bonchev–Trinajstić information content (AvgIpc) is 2.47. The van der Waals surface area contributed by atoms with E-state index < -0.39 is 18.8 Å². The van der Waals surface area contributed by atoms with Gasteiger partial charge < -0.3 is 19.7 Å². The van der Waals surface area contributed by atoms with Crippen LogP contribution in [0.2, 0.25) is 0 Å². The standard InChI is InChI=1S/C9H16BNO4/c1-9(2,3)15-8(12)11-5-4-7(6-11)10(13)14/h4,13-14H,5-6H2,1-3H3. The minimum atomic E-state index is -1.49. The molecule has 0 aromatic heterocycles. The first-order valence-electron chi connectivity index (χ1n) is 4.82. The third-order valence-electron chi connectivity index (χ3n) is 1.93. The molecule has 1 rings (SSSR count). The Morgan fingerprint density at radius 2 is 2.13 bits per heavy atom. The summed E-state index contributed by atoms with van der Waals surface area (Å²) in [7, 11) is -1.49. The van der Waals surface area contributed by atoms with Gasteiger partial charge >= 0.3 is 13.2 Å². The molecule has 2 N–H and O–H groups in total. The quantitative estimate of drug-likeness (QED) is 0.609. The van der Waals surface area contributed by atoms with Crippen LogP contribution in [0.25, 0.3) is 0 Å². The molecule has 0 unspecified atom stereocenters. The molecule has 1 amide bonds. The normalized spacial score (nSPS) is 16.3. The van der Waals surface area contributed by atoms with Crippen molar-refractivity contribution in [1.29, 1.82) is 0 Å². The monoisotopic (exact) mass is 213 g/mol. The molecule has 0 bridgehead atoms. The Labute approximate surface area is 89.5 Å². The van der Waals surface area contributed by atoms with E-state index >= 15 is 0 Å². The molecule has 0 fully saturated rings. The van der Waals surface area contributed by atoms with E-state index in [9.17, 15) is 4.79 Å². The van der Waals surface area contributed by atoms with Gasteiger partial charge in [0, 0.05) is 13.1 Å². The summed E-state index contributed by atoms with van der Waals surface area (Å²) in [6.07, 6.45) is 1.18. The molecule has 0 saturated heterocycles. The zero-order valence-corrected chi connectivity index (χ0v) is 9.23. The summed E-state index contributed by atoms with van der Waals surface area (Å²) in [6.45, 7) is 5.94. The van der Waals surface area contributed by atoms with Crippen LogP contribution < -0.4 is 0 Å². The molecule has 0 aromatic rings. The zero-order chi connectivity index (χ0) is 11.6. The van der Waals surface area contributed by atoms with Gasteiger partial charge in [0.25, 0.3) is 0 Å². The molecule has 0 aliphatic carbocycles. The van der Waals surface area contributed by atoms with E-state index in [0.29, 0.717) is 12.0 Å². The molecule has 0 saturated carbocycles.